The maximum Gasteiger partial charge on any atom is 0.229 e. The molecule has 1 aromatic rings. The minimum absolute atomic E-state index is 0.0586. The van der Waals surface area contributed by atoms with Gasteiger partial charge in [0.25, 0.3) is 0 Å². The molecule has 0 radical (unpaired) electrons. The van der Waals surface area contributed by atoms with Gasteiger partial charge in [-0.3, -0.25) is 14.5 Å². The van der Waals surface area contributed by atoms with Crippen LogP contribution in [0.5, 0.6) is 0 Å². The predicted molar refractivity (Wildman–Crippen MR) is 74.3 cm³/mol. The first-order chi connectivity index (χ1) is 8.87. The number of nitrogens with zero attached hydrogens (tertiary/aromatic N) is 1. The predicted octanol–water partition coefficient (Wildman–Crippen LogP) is 1.99. The van der Waals surface area contributed by atoms with Crippen LogP contribution in [0, 0.1) is 5.41 Å². The molecule has 0 spiro atoms. The van der Waals surface area contributed by atoms with Crippen LogP contribution in [-0.2, 0) is 16.0 Å². The molecule has 4 heteroatoms. The Balaban J connectivity index is 1.98. The van der Waals surface area contributed by atoms with Crippen molar-refractivity contribution >= 4 is 17.5 Å². The van der Waals surface area contributed by atoms with E-state index in [-0.39, 0.29) is 17.2 Å². The summed E-state index contributed by atoms with van der Waals surface area (Å²) in [4.78, 5) is 25.4. The molecule has 19 heavy (non-hydrogen) atoms. The van der Waals surface area contributed by atoms with Crippen LogP contribution in [0.1, 0.15) is 32.3 Å². The molecule has 0 aromatic heterocycles. The number of likely N-dealkylation sites (tertiary alicyclic amines) is 1. The summed E-state index contributed by atoms with van der Waals surface area (Å²) < 4.78 is 0. The van der Waals surface area contributed by atoms with E-state index in [0.29, 0.717) is 25.8 Å². The number of hydrogen-bond donors (Lipinski definition) is 1. The van der Waals surface area contributed by atoms with Crippen LogP contribution >= 0.6 is 0 Å². The van der Waals surface area contributed by atoms with Crippen LogP contribution < -0.4 is 5.73 Å². The summed E-state index contributed by atoms with van der Waals surface area (Å²) in [6.45, 7) is 4.37. The van der Waals surface area contributed by atoms with Crippen LogP contribution in [-0.4, -0.2) is 23.3 Å². The van der Waals surface area contributed by atoms with Gasteiger partial charge in [-0.25, -0.2) is 0 Å². The number of nitrogen functional groups attached to an aromatic ring is 1. The van der Waals surface area contributed by atoms with Gasteiger partial charge in [0.1, 0.15) is 0 Å². The molecule has 0 saturated carbocycles. The van der Waals surface area contributed by atoms with Gasteiger partial charge in [-0.1, -0.05) is 26.0 Å². The highest BCUT2D eigenvalue weighted by atomic mass is 16.2. The Kier molecular flexibility index (Phi) is 3.60. The molecule has 4 nitrogen and oxygen atoms in total. The molecule has 1 aliphatic rings. The van der Waals surface area contributed by atoms with E-state index in [2.05, 4.69) is 0 Å². The van der Waals surface area contributed by atoms with Gasteiger partial charge in [0.05, 0.1) is 0 Å². The first-order valence-corrected chi connectivity index (χ1v) is 6.55. The number of rotatable bonds is 3. The fraction of sp³-hybridized carbons (Fsp3) is 0.467. The smallest absolute Gasteiger partial charge is 0.229 e. The van der Waals surface area contributed by atoms with Crippen LogP contribution in [0.25, 0.3) is 0 Å². The number of hydrogen-bond acceptors (Lipinski definition) is 3. The molecule has 0 unspecified atom stereocenters. The molecule has 1 fully saturated rings. The SMILES string of the molecule is CC1(C)CC(=O)N(CCc2ccc(N)cc2)C(=O)C1. The fourth-order valence-electron chi connectivity index (χ4n) is 2.39. The normalized spacial score (nSPS) is 18.7. The first kappa shape index (κ1) is 13.6. The zero-order valence-corrected chi connectivity index (χ0v) is 11.5. The van der Waals surface area contributed by atoms with Crippen LogP contribution in [0.15, 0.2) is 24.3 Å². The van der Waals surface area contributed by atoms with E-state index in [1.807, 2.05) is 38.1 Å². The molecule has 1 aromatic carbocycles. The Morgan fingerprint density at radius 3 is 2.16 bits per heavy atom. The molecule has 0 bridgehead atoms. The molecule has 0 aliphatic carbocycles. The summed E-state index contributed by atoms with van der Waals surface area (Å²) in [7, 11) is 0. The lowest BCUT2D eigenvalue weighted by molar-refractivity contribution is -0.152. The average molecular weight is 260 g/mol. The van der Waals surface area contributed by atoms with E-state index in [0.717, 1.165) is 11.3 Å². The summed E-state index contributed by atoms with van der Waals surface area (Å²) >= 11 is 0. The number of carbonyl (C=O) groups is 2. The van der Waals surface area contributed by atoms with Crippen molar-refractivity contribution in [2.75, 3.05) is 12.3 Å². The Labute approximate surface area is 113 Å². The number of piperidine rings is 1. The van der Waals surface area contributed by atoms with Gasteiger partial charge in [0, 0.05) is 25.1 Å². The summed E-state index contributed by atoms with van der Waals surface area (Å²) in [5, 5.41) is 0. The minimum atomic E-state index is -0.203. The molecule has 2 rings (SSSR count). The van der Waals surface area contributed by atoms with Gasteiger partial charge in [-0.15, -0.1) is 0 Å². The number of carbonyl (C=O) groups excluding carboxylic acids is 2. The van der Waals surface area contributed by atoms with E-state index >= 15 is 0 Å². The molecule has 1 aliphatic heterocycles. The number of anilines is 1. The minimum Gasteiger partial charge on any atom is -0.399 e. The largest absolute Gasteiger partial charge is 0.399 e. The third-order valence-corrected chi connectivity index (χ3v) is 3.47. The Morgan fingerprint density at radius 2 is 1.63 bits per heavy atom. The lowest BCUT2D eigenvalue weighted by atomic mass is 9.81. The van der Waals surface area contributed by atoms with Crippen molar-refractivity contribution < 1.29 is 9.59 Å². The van der Waals surface area contributed by atoms with Gasteiger partial charge in [-0.2, -0.15) is 0 Å². The second kappa shape index (κ2) is 5.03. The average Bonchev–Trinajstić information content (AvgIpc) is 2.29. The standard InChI is InChI=1S/C15H20N2O2/c1-15(2)9-13(18)17(14(19)10-15)8-7-11-3-5-12(16)6-4-11/h3-6H,7-10,16H2,1-2H3. The summed E-state index contributed by atoms with van der Waals surface area (Å²) in [6, 6.07) is 7.52. The Bertz CT molecular complexity index is 471. The summed E-state index contributed by atoms with van der Waals surface area (Å²) in [5.74, 6) is -0.117. The number of imide groups is 1. The zero-order chi connectivity index (χ0) is 14.0. The highest BCUT2D eigenvalue weighted by molar-refractivity contribution is 5.98. The van der Waals surface area contributed by atoms with Gasteiger partial charge < -0.3 is 5.73 Å². The Hall–Kier alpha value is -1.84. The molecule has 0 atom stereocenters. The number of nitrogens with two attached hydrogens (primary N) is 1. The van der Waals surface area contributed by atoms with E-state index in [4.69, 9.17) is 5.73 Å². The Morgan fingerprint density at radius 1 is 1.11 bits per heavy atom. The molecule has 102 valence electrons. The fourth-order valence-corrected chi connectivity index (χ4v) is 2.39. The van der Waals surface area contributed by atoms with Crippen molar-refractivity contribution in [3.63, 3.8) is 0 Å². The summed E-state index contributed by atoms with van der Waals surface area (Å²) in [5.41, 5.74) is 7.22. The second-order valence-corrected chi connectivity index (χ2v) is 5.95. The highest BCUT2D eigenvalue weighted by Gasteiger charge is 2.36. The molecular formula is C15H20N2O2. The van der Waals surface area contributed by atoms with Crippen molar-refractivity contribution in [2.45, 2.75) is 33.1 Å². The van der Waals surface area contributed by atoms with Crippen LogP contribution in [0.2, 0.25) is 0 Å². The van der Waals surface area contributed by atoms with Crippen LogP contribution in [0.4, 0.5) is 5.69 Å². The van der Waals surface area contributed by atoms with Crippen molar-refractivity contribution in [3.8, 4) is 0 Å². The maximum atomic E-state index is 12.0. The van der Waals surface area contributed by atoms with Crippen molar-refractivity contribution in [1.82, 2.24) is 4.90 Å². The maximum absolute atomic E-state index is 12.0. The molecular weight excluding hydrogens is 240 g/mol. The van der Waals surface area contributed by atoms with Gasteiger partial charge in [0.2, 0.25) is 11.8 Å². The number of benzene rings is 1. The van der Waals surface area contributed by atoms with E-state index in [9.17, 15) is 9.59 Å². The van der Waals surface area contributed by atoms with Gasteiger partial charge in [-0.05, 0) is 29.5 Å². The molecule has 2 N–H and O–H groups in total. The molecule has 2 amide bonds. The first-order valence-electron chi connectivity index (χ1n) is 6.55. The zero-order valence-electron chi connectivity index (χ0n) is 11.5. The van der Waals surface area contributed by atoms with E-state index in [1.54, 1.807) is 0 Å². The topological polar surface area (TPSA) is 63.4 Å². The van der Waals surface area contributed by atoms with Gasteiger partial charge >= 0.3 is 0 Å². The molecule has 1 heterocycles. The van der Waals surface area contributed by atoms with E-state index in [1.165, 1.54) is 4.90 Å². The van der Waals surface area contributed by atoms with Crippen molar-refractivity contribution in [2.24, 2.45) is 5.41 Å². The third-order valence-electron chi connectivity index (χ3n) is 3.47. The number of amides is 2. The van der Waals surface area contributed by atoms with Crippen molar-refractivity contribution in [1.29, 1.82) is 0 Å². The molecule has 1 saturated heterocycles. The lowest BCUT2D eigenvalue weighted by Crippen LogP contribution is -2.46. The highest BCUT2D eigenvalue weighted by Crippen LogP contribution is 2.31. The lowest BCUT2D eigenvalue weighted by Gasteiger charge is -2.34. The second-order valence-electron chi connectivity index (χ2n) is 5.95. The van der Waals surface area contributed by atoms with Crippen molar-refractivity contribution in [3.05, 3.63) is 29.8 Å². The quantitative estimate of drug-likeness (QED) is 0.667. The van der Waals surface area contributed by atoms with E-state index < -0.39 is 0 Å². The summed E-state index contributed by atoms with van der Waals surface area (Å²) in [6.07, 6.45) is 1.57. The third kappa shape index (κ3) is 3.34. The van der Waals surface area contributed by atoms with Gasteiger partial charge in [0.15, 0.2) is 0 Å². The monoisotopic (exact) mass is 260 g/mol. The van der Waals surface area contributed by atoms with Crippen LogP contribution in [0.3, 0.4) is 0 Å².